The van der Waals surface area contributed by atoms with E-state index in [-0.39, 0.29) is 22.3 Å². The van der Waals surface area contributed by atoms with E-state index in [0.717, 1.165) is 5.56 Å². The predicted octanol–water partition coefficient (Wildman–Crippen LogP) is 3.71. The minimum absolute atomic E-state index is 0.0115. The van der Waals surface area contributed by atoms with Gasteiger partial charge in [0.2, 0.25) is 5.43 Å². The lowest BCUT2D eigenvalue weighted by molar-refractivity contribution is 0.0693. The summed E-state index contributed by atoms with van der Waals surface area (Å²) >= 11 is 0. The molecular weight excluding hydrogens is 465 g/mol. The highest BCUT2D eigenvalue weighted by Crippen LogP contribution is 2.46. The first kappa shape index (κ1) is 23.2. The number of pyridine rings is 2. The van der Waals surface area contributed by atoms with Crippen LogP contribution >= 0.6 is 0 Å². The van der Waals surface area contributed by atoms with Crippen molar-refractivity contribution in [2.24, 2.45) is 0 Å². The maximum Gasteiger partial charge on any atom is 0.341 e. The number of nitrogens with zero attached hydrogens (tertiary/aromatic N) is 2. The fourth-order valence-corrected chi connectivity index (χ4v) is 4.62. The van der Waals surface area contributed by atoms with Crippen LogP contribution in [0.25, 0.3) is 10.9 Å². The van der Waals surface area contributed by atoms with Crippen molar-refractivity contribution in [1.29, 1.82) is 0 Å². The van der Waals surface area contributed by atoms with Gasteiger partial charge in [-0.25, -0.2) is 14.2 Å². The Labute approximate surface area is 205 Å². The molecule has 0 spiro atoms. The molecule has 0 bridgehead atoms. The van der Waals surface area contributed by atoms with Crippen LogP contribution in [-0.2, 0) is 0 Å². The molecule has 1 aliphatic rings. The number of carboxylic acids is 1. The molecule has 0 saturated heterocycles. The van der Waals surface area contributed by atoms with Crippen LogP contribution in [-0.4, -0.2) is 39.8 Å². The quantitative estimate of drug-likeness (QED) is 0.228. The summed E-state index contributed by atoms with van der Waals surface area (Å²) < 4.78 is 23.4. The molecule has 9 nitrogen and oxygen atoms in total. The Morgan fingerprint density at radius 1 is 1.17 bits per heavy atom. The number of nitrogen functional groups attached to an aromatic ring is 1. The van der Waals surface area contributed by atoms with Crippen LogP contribution in [0.2, 0.25) is 0 Å². The highest BCUT2D eigenvalue weighted by atomic mass is 19.1. The van der Waals surface area contributed by atoms with Crippen LogP contribution in [0, 0.1) is 5.82 Å². The molecule has 2 atom stereocenters. The lowest BCUT2D eigenvalue weighted by Crippen LogP contribution is -2.35. The molecule has 36 heavy (non-hydrogen) atoms. The van der Waals surface area contributed by atoms with Crippen molar-refractivity contribution in [2.45, 2.75) is 19.1 Å². The van der Waals surface area contributed by atoms with Crippen molar-refractivity contribution in [3.05, 3.63) is 88.1 Å². The number of aromatic nitrogens is 2. The van der Waals surface area contributed by atoms with Gasteiger partial charge in [0.05, 0.1) is 22.6 Å². The van der Waals surface area contributed by atoms with E-state index in [0.29, 0.717) is 18.9 Å². The second kappa shape index (κ2) is 9.21. The van der Waals surface area contributed by atoms with Crippen molar-refractivity contribution in [1.82, 2.24) is 9.55 Å². The molecule has 10 heteroatoms. The van der Waals surface area contributed by atoms with E-state index in [1.807, 2.05) is 49.4 Å². The molecule has 0 aliphatic carbocycles. The van der Waals surface area contributed by atoms with Gasteiger partial charge in [0.25, 0.3) is 0 Å². The van der Waals surface area contributed by atoms with Crippen molar-refractivity contribution in [2.75, 3.05) is 29.5 Å². The molecule has 2 aromatic heterocycles. The average molecular weight is 490 g/mol. The number of hydrogen-bond acceptors (Lipinski definition) is 7. The molecule has 5 N–H and O–H groups in total. The Morgan fingerprint density at radius 2 is 1.89 bits per heavy atom. The number of nitrogens with two attached hydrogens (primary N) is 1. The number of aromatic carboxylic acids is 1. The summed E-state index contributed by atoms with van der Waals surface area (Å²) in [6, 6.07) is 14.3. The maximum atomic E-state index is 15.5. The molecule has 1 unspecified atom stereocenters. The summed E-state index contributed by atoms with van der Waals surface area (Å²) in [4.78, 5) is 29.2. The van der Waals surface area contributed by atoms with E-state index < -0.39 is 40.6 Å². The maximum absolute atomic E-state index is 15.5. The molecule has 0 radical (unpaired) electrons. The third kappa shape index (κ3) is 3.86. The standard InChI is InChI=1S/C26H24FN5O4/c1-14-22(15-7-3-2-4-8-15)32-13-16(26(34)35)24(33)18-20(28)19(27)21(25(36-14)23(18)32)31-12-11-30-17-9-5-6-10-29-17/h2-10,13-14,22,31H,11-12,28H2,1H3,(H,29,30)(H,34,35)/t14?,22-/m1/s1. The zero-order chi connectivity index (χ0) is 25.4. The average Bonchev–Trinajstić information content (AvgIpc) is 2.88. The Kier molecular flexibility index (Phi) is 5.93. The van der Waals surface area contributed by atoms with Gasteiger partial charge in [0.15, 0.2) is 11.6 Å². The molecule has 0 fully saturated rings. The number of ether oxygens (including phenoxy) is 1. The van der Waals surface area contributed by atoms with Crippen LogP contribution in [0.1, 0.15) is 28.9 Å². The zero-order valence-electron chi connectivity index (χ0n) is 19.4. The highest BCUT2D eigenvalue weighted by Gasteiger charge is 2.36. The molecular formula is C26H24FN5O4. The van der Waals surface area contributed by atoms with Crippen molar-refractivity contribution < 1.29 is 19.0 Å². The second-order valence-electron chi connectivity index (χ2n) is 8.49. The molecule has 0 saturated carbocycles. The van der Waals surface area contributed by atoms with Gasteiger partial charge in [-0.3, -0.25) is 4.79 Å². The van der Waals surface area contributed by atoms with Crippen LogP contribution < -0.4 is 26.5 Å². The van der Waals surface area contributed by atoms with Crippen molar-refractivity contribution >= 4 is 34.1 Å². The monoisotopic (exact) mass is 489 g/mol. The summed E-state index contributed by atoms with van der Waals surface area (Å²) in [6.45, 7) is 2.52. The van der Waals surface area contributed by atoms with E-state index in [2.05, 4.69) is 15.6 Å². The smallest absolute Gasteiger partial charge is 0.341 e. The number of nitrogens with one attached hydrogen (secondary N) is 2. The van der Waals surface area contributed by atoms with E-state index in [1.165, 1.54) is 6.20 Å². The third-order valence-electron chi connectivity index (χ3n) is 6.22. The van der Waals surface area contributed by atoms with Gasteiger partial charge in [0.1, 0.15) is 23.2 Å². The van der Waals surface area contributed by atoms with Crippen LogP contribution in [0.5, 0.6) is 5.75 Å². The Hall–Kier alpha value is -4.60. The van der Waals surface area contributed by atoms with Gasteiger partial charge in [-0.15, -0.1) is 0 Å². The third-order valence-corrected chi connectivity index (χ3v) is 6.22. The van der Waals surface area contributed by atoms with Gasteiger partial charge in [0, 0.05) is 25.5 Å². The Morgan fingerprint density at radius 3 is 2.58 bits per heavy atom. The summed E-state index contributed by atoms with van der Waals surface area (Å²) in [5.74, 6) is -1.50. The normalized spacial score (nSPS) is 16.4. The zero-order valence-corrected chi connectivity index (χ0v) is 19.4. The van der Waals surface area contributed by atoms with E-state index in [1.54, 1.807) is 16.8 Å². The number of anilines is 3. The van der Waals surface area contributed by atoms with Crippen LogP contribution in [0.4, 0.5) is 21.6 Å². The minimum atomic E-state index is -1.42. The van der Waals surface area contributed by atoms with Gasteiger partial charge in [-0.1, -0.05) is 36.4 Å². The second-order valence-corrected chi connectivity index (χ2v) is 8.49. The first-order chi connectivity index (χ1) is 17.4. The Balaban J connectivity index is 1.65. The molecule has 0 amide bonds. The first-order valence-corrected chi connectivity index (χ1v) is 11.4. The summed E-state index contributed by atoms with van der Waals surface area (Å²) in [5, 5.41) is 15.6. The SMILES string of the molecule is CC1Oc2c(NCCNc3ccccn3)c(F)c(N)c3c(=O)c(C(=O)O)cn(c23)[C@H]1c1ccccc1. The fourth-order valence-electron chi connectivity index (χ4n) is 4.62. The number of rotatable bonds is 7. The topological polar surface area (TPSA) is 132 Å². The molecule has 3 heterocycles. The molecule has 5 rings (SSSR count). The molecule has 4 aromatic rings. The van der Waals surface area contributed by atoms with E-state index in [9.17, 15) is 14.7 Å². The number of halogens is 1. The lowest BCUT2D eigenvalue weighted by Gasteiger charge is -2.36. The number of benzene rings is 2. The summed E-state index contributed by atoms with van der Waals surface area (Å²) in [5.41, 5.74) is 5.43. The van der Waals surface area contributed by atoms with E-state index in [4.69, 9.17) is 10.5 Å². The fraction of sp³-hybridized carbons (Fsp3) is 0.192. The summed E-state index contributed by atoms with van der Waals surface area (Å²) in [6.07, 6.45) is 2.44. The van der Waals surface area contributed by atoms with Gasteiger partial charge >= 0.3 is 5.97 Å². The number of carbonyl (C=O) groups is 1. The molecule has 184 valence electrons. The highest BCUT2D eigenvalue weighted by molar-refractivity contribution is 6.03. The van der Waals surface area contributed by atoms with Gasteiger partial charge < -0.3 is 30.8 Å². The van der Waals surface area contributed by atoms with Crippen molar-refractivity contribution in [3.8, 4) is 5.75 Å². The van der Waals surface area contributed by atoms with Crippen LogP contribution in [0.3, 0.4) is 0 Å². The summed E-state index contributed by atoms with van der Waals surface area (Å²) in [7, 11) is 0. The van der Waals surface area contributed by atoms with E-state index >= 15 is 4.39 Å². The van der Waals surface area contributed by atoms with Gasteiger partial charge in [-0.2, -0.15) is 0 Å². The Bertz CT molecular complexity index is 1510. The molecule has 2 aromatic carbocycles. The predicted molar refractivity (Wildman–Crippen MR) is 135 cm³/mol. The first-order valence-electron chi connectivity index (χ1n) is 11.4. The number of hydrogen-bond donors (Lipinski definition) is 4. The van der Waals surface area contributed by atoms with Crippen molar-refractivity contribution in [3.63, 3.8) is 0 Å². The number of carboxylic acid groups (broad SMARTS) is 1. The van der Waals surface area contributed by atoms with Crippen LogP contribution in [0.15, 0.2) is 65.7 Å². The largest absolute Gasteiger partial charge is 0.484 e. The molecule has 1 aliphatic heterocycles. The van der Waals surface area contributed by atoms with Gasteiger partial charge in [-0.05, 0) is 24.6 Å². The minimum Gasteiger partial charge on any atom is -0.484 e. The lowest BCUT2D eigenvalue weighted by atomic mass is 9.97.